The summed E-state index contributed by atoms with van der Waals surface area (Å²) in [5.74, 6) is 1.46. The Kier molecular flexibility index (Phi) is 6.42. The van der Waals surface area contributed by atoms with Gasteiger partial charge in [-0.3, -0.25) is 9.48 Å². The van der Waals surface area contributed by atoms with E-state index in [-0.39, 0.29) is 17.9 Å². The number of hydrogen-bond donors (Lipinski definition) is 1. The van der Waals surface area contributed by atoms with Crippen molar-refractivity contribution >= 4 is 5.91 Å². The predicted molar refractivity (Wildman–Crippen MR) is 112 cm³/mol. The molecule has 29 heavy (non-hydrogen) atoms. The van der Waals surface area contributed by atoms with Gasteiger partial charge in [0.25, 0.3) is 5.91 Å². The topological polar surface area (TPSA) is 69.3 Å². The van der Waals surface area contributed by atoms with Gasteiger partial charge in [-0.05, 0) is 54.7 Å². The average Bonchev–Trinajstić information content (AvgIpc) is 3.32. The Labute approximate surface area is 171 Å². The minimum atomic E-state index is -0.219. The molecule has 0 radical (unpaired) electrons. The molecule has 3 rings (SSSR count). The third-order valence-corrected chi connectivity index (χ3v) is 4.75. The quantitative estimate of drug-likeness (QED) is 0.571. The first-order chi connectivity index (χ1) is 13.8. The van der Waals surface area contributed by atoms with E-state index >= 15 is 0 Å². The van der Waals surface area contributed by atoms with Gasteiger partial charge in [-0.15, -0.1) is 0 Å². The van der Waals surface area contributed by atoms with Crippen molar-refractivity contribution in [3.05, 3.63) is 71.4 Å². The van der Waals surface area contributed by atoms with Crippen LogP contribution in [0, 0.1) is 6.92 Å². The molecule has 2 aromatic heterocycles. The molecular weight excluding hydrogens is 366 g/mol. The largest absolute Gasteiger partial charge is 0.486 e. The molecule has 6 heteroatoms. The van der Waals surface area contributed by atoms with Gasteiger partial charge in [0.1, 0.15) is 18.1 Å². The van der Waals surface area contributed by atoms with Gasteiger partial charge in [-0.1, -0.05) is 32.9 Å². The summed E-state index contributed by atoms with van der Waals surface area (Å²) in [4.78, 5) is 12.2. The number of benzene rings is 1. The fourth-order valence-corrected chi connectivity index (χ4v) is 2.93. The monoisotopic (exact) mass is 395 g/mol. The van der Waals surface area contributed by atoms with E-state index in [0.717, 1.165) is 24.4 Å². The summed E-state index contributed by atoms with van der Waals surface area (Å²) >= 11 is 0. The lowest BCUT2D eigenvalue weighted by Crippen LogP contribution is -2.25. The molecule has 0 saturated heterocycles. The third-order valence-electron chi connectivity index (χ3n) is 4.75. The fourth-order valence-electron chi connectivity index (χ4n) is 2.93. The SMILES string of the molecule is Cc1ccnn1CCCNC(=O)c1ccc(COc2ccc(C(C)(C)C)cc2)o1. The zero-order valence-corrected chi connectivity index (χ0v) is 17.6. The molecule has 6 nitrogen and oxygen atoms in total. The van der Waals surface area contributed by atoms with Gasteiger partial charge >= 0.3 is 0 Å². The molecular formula is C23H29N3O3. The molecule has 0 aliphatic rings. The lowest BCUT2D eigenvalue weighted by atomic mass is 9.87. The number of furan rings is 1. The van der Waals surface area contributed by atoms with Crippen molar-refractivity contribution < 1.29 is 13.9 Å². The van der Waals surface area contributed by atoms with E-state index in [4.69, 9.17) is 9.15 Å². The van der Waals surface area contributed by atoms with Crippen LogP contribution in [0.2, 0.25) is 0 Å². The van der Waals surface area contributed by atoms with E-state index in [1.165, 1.54) is 5.56 Å². The molecule has 0 aliphatic heterocycles. The number of aryl methyl sites for hydroxylation is 2. The molecule has 0 spiro atoms. The summed E-state index contributed by atoms with van der Waals surface area (Å²) in [6.07, 6.45) is 2.58. The van der Waals surface area contributed by atoms with Crippen molar-refractivity contribution in [2.45, 2.75) is 52.7 Å². The summed E-state index contributed by atoms with van der Waals surface area (Å²) in [6.45, 7) is 10.1. The molecule has 1 aromatic carbocycles. The van der Waals surface area contributed by atoms with Gasteiger partial charge in [0.05, 0.1) is 0 Å². The van der Waals surface area contributed by atoms with Crippen LogP contribution in [-0.4, -0.2) is 22.2 Å². The molecule has 1 amide bonds. The number of aromatic nitrogens is 2. The smallest absolute Gasteiger partial charge is 0.286 e. The molecule has 1 N–H and O–H groups in total. The van der Waals surface area contributed by atoms with Gasteiger partial charge in [-0.25, -0.2) is 0 Å². The Bertz CT molecular complexity index is 933. The Morgan fingerprint density at radius 1 is 1.14 bits per heavy atom. The zero-order chi connectivity index (χ0) is 20.9. The molecule has 3 aromatic rings. The number of hydrogen-bond acceptors (Lipinski definition) is 4. The van der Waals surface area contributed by atoms with Crippen molar-refractivity contribution in [1.29, 1.82) is 0 Å². The van der Waals surface area contributed by atoms with Gasteiger partial charge in [0.2, 0.25) is 0 Å². The molecule has 0 aliphatic carbocycles. The Morgan fingerprint density at radius 2 is 1.90 bits per heavy atom. The second kappa shape index (κ2) is 8.99. The molecule has 0 fully saturated rings. The number of rotatable bonds is 8. The normalized spacial score (nSPS) is 11.4. The third kappa shape index (κ3) is 5.73. The maximum Gasteiger partial charge on any atom is 0.286 e. The molecule has 0 unspecified atom stereocenters. The number of carbonyl (C=O) groups is 1. The predicted octanol–water partition coefficient (Wildman–Crippen LogP) is 4.48. The van der Waals surface area contributed by atoms with Crippen LogP contribution < -0.4 is 10.1 Å². The maximum absolute atomic E-state index is 12.2. The highest BCUT2D eigenvalue weighted by atomic mass is 16.5. The van der Waals surface area contributed by atoms with Crippen molar-refractivity contribution in [3.8, 4) is 5.75 Å². The van der Waals surface area contributed by atoms with Crippen molar-refractivity contribution in [1.82, 2.24) is 15.1 Å². The van der Waals surface area contributed by atoms with E-state index in [1.54, 1.807) is 18.3 Å². The minimum Gasteiger partial charge on any atom is -0.486 e. The lowest BCUT2D eigenvalue weighted by molar-refractivity contribution is 0.0921. The van der Waals surface area contributed by atoms with Crippen molar-refractivity contribution in [3.63, 3.8) is 0 Å². The van der Waals surface area contributed by atoms with Crippen LogP contribution in [0.15, 0.2) is 53.1 Å². The Morgan fingerprint density at radius 3 is 2.55 bits per heavy atom. The maximum atomic E-state index is 12.2. The van der Waals surface area contributed by atoms with E-state index in [1.807, 2.05) is 29.8 Å². The van der Waals surface area contributed by atoms with Crippen LogP contribution >= 0.6 is 0 Å². The number of nitrogens with zero attached hydrogens (tertiary/aromatic N) is 2. The number of ether oxygens (including phenoxy) is 1. The van der Waals surface area contributed by atoms with Crippen LogP contribution in [0.3, 0.4) is 0 Å². The lowest BCUT2D eigenvalue weighted by Gasteiger charge is -2.19. The summed E-state index contributed by atoms with van der Waals surface area (Å²) in [5, 5.41) is 7.10. The average molecular weight is 396 g/mol. The molecule has 2 heterocycles. The summed E-state index contributed by atoms with van der Waals surface area (Å²) in [6, 6.07) is 13.5. The van der Waals surface area contributed by atoms with Crippen LogP contribution in [0.1, 0.15) is 54.8 Å². The second-order valence-electron chi connectivity index (χ2n) is 8.13. The second-order valence-corrected chi connectivity index (χ2v) is 8.13. The highest BCUT2D eigenvalue weighted by molar-refractivity contribution is 5.91. The first-order valence-corrected chi connectivity index (χ1v) is 9.91. The Balaban J connectivity index is 1.43. The molecule has 0 atom stereocenters. The number of carbonyl (C=O) groups excluding carboxylic acids is 1. The zero-order valence-electron chi connectivity index (χ0n) is 17.6. The standard InChI is InChI=1S/C23H29N3O3/c1-17-12-14-25-26(17)15-5-13-24-22(27)21-11-10-20(29-21)16-28-19-8-6-18(7-9-19)23(2,3)4/h6-12,14H,5,13,15-16H2,1-4H3,(H,24,27). The number of amides is 1. The summed E-state index contributed by atoms with van der Waals surface area (Å²) < 4.78 is 13.3. The highest BCUT2D eigenvalue weighted by Crippen LogP contribution is 2.24. The van der Waals surface area contributed by atoms with Crippen LogP contribution in [-0.2, 0) is 18.6 Å². The summed E-state index contributed by atoms with van der Waals surface area (Å²) in [7, 11) is 0. The number of nitrogens with one attached hydrogen (secondary N) is 1. The van der Waals surface area contributed by atoms with Gasteiger partial charge in [0, 0.05) is 25.0 Å². The van der Waals surface area contributed by atoms with E-state index < -0.39 is 0 Å². The van der Waals surface area contributed by atoms with Gasteiger partial charge in [0.15, 0.2) is 5.76 Å². The van der Waals surface area contributed by atoms with E-state index in [0.29, 0.717) is 18.1 Å². The first kappa shape index (κ1) is 20.7. The first-order valence-electron chi connectivity index (χ1n) is 9.91. The van der Waals surface area contributed by atoms with Crippen LogP contribution in [0.25, 0.3) is 0 Å². The minimum absolute atomic E-state index is 0.110. The van der Waals surface area contributed by atoms with Crippen molar-refractivity contribution in [2.24, 2.45) is 0 Å². The van der Waals surface area contributed by atoms with Gasteiger partial charge in [-0.2, -0.15) is 5.10 Å². The highest BCUT2D eigenvalue weighted by Gasteiger charge is 2.14. The van der Waals surface area contributed by atoms with Crippen LogP contribution in [0.4, 0.5) is 0 Å². The van der Waals surface area contributed by atoms with Crippen LogP contribution in [0.5, 0.6) is 5.75 Å². The van der Waals surface area contributed by atoms with Gasteiger partial charge < -0.3 is 14.5 Å². The van der Waals surface area contributed by atoms with E-state index in [9.17, 15) is 4.79 Å². The summed E-state index contributed by atoms with van der Waals surface area (Å²) in [5.41, 5.74) is 2.48. The van der Waals surface area contributed by atoms with E-state index in [2.05, 4.69) is 43.3 Å². The molecule has 154 valence electrons. The van der Waals surface area contributed by atoms with Crippen molar-refractivity contribution in [2.75, 3.05) is 6.54 Å². The molecule has 0 bridgehead atoms. The molecule has 0 saturated carbocycles. The fraction of sp³-hybridized carbons (Fsp3) is 0.391. The Hall–Kier alpha value is -3.02.